The molecule has 4 rings (SSSR count). The standard InChI is InChI=1S/C35H46N2O5/c1-34(2,3)33(39)37-23-21-36(22-24-37)20-19-27(25-38)26-42-35(28-9-7-6-8-10-28,29-11-15-31(40-4)16-12-29)30-13-17-32(41-5)18-14-30/h6-18,27,38H,19-26H2,1-5H3. The van der Waals surface area contributed by atoms with Gasteiger partial charge in [0.1, 0.15) is 17.1 Å². The maximum Gasteiger partial charge on any atom is 0.228 e. The van der Waals surface area contributed by atoms with E-state index in [0.29, 0.717) is 6.61 Å². The first-order chi connectivity index (χ1) is 20.2. The van der Waals surface area contributed by atoms with Gasteiger partial charge in [-0.15, -0.1) is 0 Å². The molecule has 1 aliphatic rings. The molecule has 0 radical (unpaired) electrons. The van der Waals surface area contributed by atoms with E-state index in [2.05, 4.69) is 17.0 Å². The molecule has 0 saturated carbocycles. The zero-order valence-electron chi connectivity index (χ0n) is 25.7. The topological polar surface area (TPSA) is 71.5 Å². The highest BCUT2D eigenvalue weighted by atomic mass is 16.5. The summed E-state index contributed by atoms with van der Waals surface area (Å²) in [6, 6.07) is 26.2. The predicted octanol–water partition coefficient (Wildman–Crippen LogP) is 5.20. The lowest BCUT2D eigenvalue weighted by molar-refractivity contribution is -0.141. The van der Waals surface area contributed by atoms with Crippen LogP contribution in [-0.4, -0.2) is 81.0 Å². The molecule has 1 unspecified atom stereocenters. The van der Waals surface area contributed by atoms with Gasteiger partial charge in [0.15, 0.2) is 0 Å². The Morgan fingerprint density at radius 3 is 1.74 bits per heavy atom. The van der Waals surface area contributed by atoms with Gasteiger partial charge >= 0.3 is 0 Å². The molecule has 226 valence electrons. The lowest BCUT2D eigenvalue weighted by Gasteiger charge is -2.39. The van der Waals surface area contributed by atoms with Gasteiger partial charge in [-0.2, -0.15) is 0 Å². The van der Waals surface area contributed by atoms with Crippen molar-refractivity contribution in [2.45, 2.75) is 32.8 Å². The Bertz CT molecular complexity index is 1200. The second-order valence-corrected chi connectivity index (χ2v) is 12.0. The van der Waals surface area contributed by atoms with E-state index in [9.17, 15) is 9.90 Å². The highest BCUT2D eigenvalue weighted by molar-refractivity contribution is 5.81. The summed E-state index contributed by atoms with van der Waals surface area (Å²) in [4.78, 5) is 17.0. The highest BCUT2D eigenvalue weighted by Gasteiger charge is 2.38. The number of hydrogen-bond donors (Lipinski definition) is 1. The lowest BCUT2D eigenvalue weighted by Crippen LogP contribution is -2.51. The zero-order chi connectivity index (χ0) is 30.2. The molecule has 0 aliphatic carbocycles. The minimum atomic E-state index is -0.911. The quantitative estimate of drug-likeness (QED) is 0.300. The third-order valence-electron chi connectivity index (χ3n) is 8.12. The molecular weight excluding hydrogens is 528 g/mol. The summed E-state index contributed by atoms with van der Waals surface area (Å²) in [5.74, 6) is 1.69. The summed E-state index contributed by atoms with van der Waals surface area (Å²) in [5.41, 5.74) is 1.66. The summed E-state index contributed by atoms with van der Waals surface area (Å²) >= 11 is 0. The van der Waals surface area contributed by atoms with Gasteiger partial charge in [0.2, 0.25) is 5.91 Å². The smallest absolute Gasteiger partial charge is 0.228 e. The van der Waals surface area contributed by atoms with E-state index in [1.54, 1.807) is 14.2 Å². The molecule has 3 aromatic rings. The SMILES string of the molecule is COc1ccc(C(OCC(CO)CCN2CCN(C(=O)C(C)(C)C)CC2)(c2ccccc2)c2ccc(OC)cc2)cc1. The number of ether oxygens (including phenoxy) is 3. The van der Waals surface area contributed by atoms with Gasteiger partial charge in [-0.3, -0.25) is 9.69 Å². The average Bonchev–Trinajstić information content (AvgIpc) is 3.03. The molecule has 42 heavy (non-hydrogen) atoms. The number of rotatable bonds is 12. The van der Waals surface area contributed by atoms with Gasteiger partial charge in [-0.25, -0.2) is 0 Å². The Morgan fingerprint density at radius 2 is 1.29 bits per heavy atom. The number of methoxy groups -OCH3 is 2. The van der Waals surface area contributed by atoms with Crippen molar-refractivity contribution in [2.75, 3.05) is 60.2 Å². The number of nitrogens with zero attached hydrogens (tertiary/aromatic N) is 2. The summed E-state index contributed by atoms with van der Waals surface area (Å²) < 4.78 is 17.9. The van der Waals surface area contributed by atoms with Crippen LogP contribution >= 0.6 is 0 Å². The van der Waals surface area contributed by atoms with E-state index in [0.717, 1.165) is 67.3 Å². The molecule has 1 atom stereocenters. The second-order valence-electron chi connectivity index (χ2n) is 12.0. The van der Waals surface area contributed by atoms with Crippen molar-refractivity contribution in [2.24, 2.45) is 11.3 Å². The molecular formula is C35H46N2O5. The van der Waals surface area contributed by atoms with Crippen molar-refractivity contribution >= 4 is 5.91 Å². The average molecular weight is 575 g/mol. The van der Waals surface area contributed by atoms with Crippen LogP contribution in [-0.2, 0) is 15.1 Å². The summed E-state index contributed by atoms with van der Waals surface area (Å²) in [6.07, 6.45) is 0.791. The monoisotopic (exact) mass is 574 g/mol. The van der Waals surface area contributed by atoms with E-state index in [4.69, 9.17) is 14.2 Å². The summed E-state index contributed by atoms with van der Waals surface area (Å²) in [5, 5.41) is 10.4. The molecule has 1 N–H and O–H groups in total. The number of piperazine rings is 1. The third-order valence-corrected chi connectivity index (χ3v) is 8.12. The fourth-order valence-corrected chi connectivity index (χ4v) is 5.56. The van der Waals surface area contributed by atoms with Crippen molar-refractivity contribution in [3.8, 4) is 11.5 Å². The lowest BCUT2D eigenvalue weighted by atomic mass is 9.80. The number of aliphatic hydroxyl groups excluding tert-OH is 1. The van der Waals surface area contributed by atoms with Gasteiger partial charge in [-0.05, 0) is 53.9 Å². The minimum absolute atomic E-state index is 0.0264. The molecule has 1 saturated heterocycles. The number of amides is 1. The molecule has 1 heterocycles. The minimum Gasteiger partial charge on any atom is -0.497 e. The Labute approximate surface area is 251 Å². The van der Waals surface area contributed by atoms with Crippen molar-refractivity contribution in [1.82, 2.24) is 9.80 Å². The highest BCUT2D eigenvalue weighted by Crippen LogP contribution is 2.42. The molecule has 0 aromatic heterocycles. The van der Waals surface area contributed by atoms with Gasteiger partial charge in [-0.1, -0.05) is 75.4 Å². The van der Waals surface area contributed by atoms with E-state index < -0.39 is 5.60 Å². The van der Waals surface area contributed by atoms with Gasteiger partial charge in [0.05, 0.1) is 20.8 Å². The fourth-order valence-electron chi connectivity index (χ4n) is 5.56. The molecule has 0 spiro atoms. The Kier molecular flexibility index (Phi) is 10.7. The Hall–Kier alpha value is -3.39. The van der Waals surface area contributed by atoms with Crippen molar-refractivity contribution in [3.05, 3.63) is 95.6 Å². The second kappa shape index (κ2) is 14.2. The number of hydrogen-bond acceptors (Lipinski definition) is 6. The number of carbonyl (C=O) groups is 1. The maximum atomic E-state index is 12.7. The van der Waals surface area contributed by atoms with Crippen LogP contribution in [0.3, 0.4) is 0 Å². The van der Waals surface area contributed by atoms with E-state index in [1.807, 2.05) is 92.4 Å². The molecule has 3 aromatic carbocycles. The van der Waals surface area contributed by atoms with Crippen molar-refractivity contribution < 1.29 is 24.1 Å². The van der Waals surface area contributed by atoms with Gasteiger partial charge in [0.25, 0.3) is 0 Å². The first-order valence-corrected chi connectivity index (χ1v) is 14.8. The Morgan fingerprint density at radius 1 is 0.786 bits per heavy atom. The fraction of sp³-hybridized carbons (Fsp3) is 0.457. The van der Waals surface area contributed by atoms with E-state index in [-0.39, 0.29) is 23.8 Å². The maximum absolute atomic E-state index is 12.7. The van der Waals surface area contributed by atoms with Crippen LogP contribution < -0.4 is 9.47 Å². The molecule has 1 aliphatic heterocycles. The van der Waals surface area contributed by atoms with Crippen molar-refractivity contribution in [3.63, 3.8) is 0 Å². The van der Waals surface area contributed by atoms with Crippen molar-refractivity contribution in [1.29, 1.82) is 0 Å². The molecule has 7 nitrogen and oxygen atoms in total. The van der Waals surface area contributed by atoms with Gasteiger partial charge < -0.3 is 24.2 Å². The summed E-state index contributed by atoms with van der Waals surface area (Å²) in [7, 11) is 3.32. The number of carbonyl (C=O) groups excluding carboxylic acids is 1. The largest absolute Gasteiger partial charge is 0.497 e. The van der Waals surface area contributed by atoms with Crippen LogP contribution in [0.4, 0.5) is 0 Å². The first kappa shape index (κ1) is 31.5. The molecule has 1 amide bonds. The zero-order valence-corrected chi connectivity index (χ0v) is 25.7. The van der Waals surface area contributed by atoms with Crippen LogP contribution in [0.25, 0.3) is 0 Å². The normalized spacial score (nSPS) is 15.3. The van der Waals surface area contributed by atoms with Crippen LogP contribution in [0, 0.1) is 11.3 Å². The molecule has 7 heteroatoms. The van der Waals surface area contributed by atoms with Crippen LogP contribution in [0.15, 0.2) is 78.9 Å². The van der Waals surface area contributed by atoms with E-state index >= 15 is 0 Å². The third kappa shape index (κ3) is 7.33. The molecule has 0 bridgehead atoms. The van der Waals surface area contributed by atoms with Crippen LogP contribution in [0.2, 0.25) is 0 Å². The van der Waals surface area contributed by atoms with Gasteiger partial charge in [0, 0.05) is 44.1 Å². The van der Waals surface area contributed by atoms with Crippen LogP contribution in [0.1, 0.15) is 43.9 Å². The van der Waals surface area contributed by atoms with E-state index in [1.165, 1.54) is 0 Å². The Balaban J connectivity index is 1.55. The first-order valence-electron chi connectivity index (χ1n) is 14.8. The summed E-state index contributed by atoms with van der Waals surface area (Å²) in [6.45, 7) is 10.3. The number of benzene rings is 3. The predicted molar refractivity (Wildman–Crippen MR) is 166 cm³/mol. The van der Waals surface area contributed by atoms with Crippen LogP contribution in [0.5, 0.6) is 11.5 Å². The molecule has 1 fully saturated rings. The number of aliphatic hydroxyl groups is 1.